The minimum atomic E-state index is -0.634. The van der Waals surface area contributed by atoms with Gasteiger partial charge in [-0.15, -0.1) is 0 Å². The predicted molar refractivity (Wildman–Crippen MR) is 147 cm³/mol. The number of hydrogen-bond donors (Lipinski definition) is 0. The van der Waals surface area contributed by atoms with E-state index in [9.17, 15) is 9.59 Å². The zero-order valence-electron chi connectivity index (χ0n) is 21.9. The van der Waals surface area contributed by atoms with Gasteiger partial charge in [0.25, 0.3) is 0 Å². The second kappa shape index (κ2) is 9.29. The molecule has 190 valence electrons. The van der Waals surface area contributed by atoms with Crippen LogP contribution < -0.4 is 9.47 Å². The molecule has 4 heteroatoms. The number of carbonyl (C=O) groups excluding carboxylic acids is 2. The van der Waals surface area contributed by atoms with Crippen LogP contribution in [0.25, 0.3) is 0 Å². The normalized spacial score (nSPS) is 18.2. The van der Waals surface area contributed by atoms with Crippen LogP contribution in [0.4, 0.5) is 0 Å². The van der Waals surface area contributed by atoms with Crippen LogP contribution in [0, 0.1) is 6.92 Å². The summed E-state index contributed by atoms with van der Waals surface area (Å²) in [6.45, 7) is 5.68. The molecule has 0 unspecified atom stereocenters. The molecule has 0 amide bonds. The highest BCUT2D eigenvalue weighted by Gasteiger charge is 2.54. The van der Waals surface area contributed by atoms with Crippen LogP contribution in [-0.2, 0) is 21.4 Å². The summed E-state index contributed by atoms with van der Waals surface area (Å²) in [5.74, 6) is 0.340. The Hall–Kier alpha value is -4.18. The zero-order valence-corrected chi connectivity index (χ0v) is 21.9. The van der Waals surface area contributed by atoms with Gasteiger partial charge in [-0.25, -0.2) is 0 Å². The molecule has 4 aromatic rings. The average molecular weight is 503 g/mol. The van der Waals surface area contributed by atoms with Gasteiger partial charge >= 0.3 is 11.9 Å². The highest BCUT2D eigenvalue weighted by Crippen LogP contribution is 2.64. The number of benzene rings is 4. The fourth-order valence-corrected chi connectivity index (χ4v) is 6.33. The molecule has 0 N–H and O–H groups in total. The Labute approximate surface area is 223 Å². The van der Waals surface area contributed by atoms with Gasteiger partial charge in [-0.05, 0) is 53.3 Å². The molecule has 4 nitrogen and oxygen atoms in total. The van der Waals surface area contributed by atoms with Gasteiger partial charge in [0, 0.05) is 29.9 Å². The molecule has 0 aliphatic heterocycles. The van der Waals surface area contributed by atoms with E-state index in [1.54, 1.807) is 26.0 Å². The number of ether oxygens (including phenoxy) is 2. The van der Waals surface area contributed by atoms with Crippen molar-refractivity contribution in [3.63, 3.8) is 0 Å². The summed E-state index contributed by atoms with van der Waals surface area (Å²) in [5.41, 5.74) is 8.36. The van der Waals surface area contributed by atoms with E-state index in [1.807, 2.05) is 0 Å². The molecule has 0 heterocycles. The zero-order chi connectivity index (χ0) is 26.4. The third kappa shape index (κ3) is 3.59. The van der Waals surface area contributed by atoms with Crippen LogP contribution in [-0.4, -0.2) is 11.9 Å². The van der Waals surface area contributed by atoms with Gasteiger partial charge in [-0.2, -0.15) is 0 Å². The summed E-state index contributed by atoms with van der Waals surface area (Å²) in [5, 5.41) is 0. The maximum absolute atomic E-state index is 12.7. The fraction of sp³-hybridized carbons (Fsp3) is 0.235. The van der Waals surface area contributed by atoms with Crippen molar-refractivity contribution in [3.05, 3.63) is 129 Å². The van der Waals surface area contributed by atoms with Crippen LogP contribution in [0.1, 0.15) is 77.1 Å². The molecule has 0 radical (unpaired) electrons. The third-order valence-corrected chi connectivity index (χ3v) is 7.96. The molecular formula is C34H30O4. The molecule has 7 rings (SSSR count). The van der Waals surface area contributed by atoms with Gasteiger partial charge in [0.15, 0.2) is 0 Å². The second-order valence-corrected chi connectivity index (χ2v) is 10.2. The third-order valence-electron chi connectivity index (χ3n) is 7.96. The van der Waals surface area contributed by atoms with Gasteiger partial charge in [-0.1, -0.05) is 92.2 Å². The van der Waals surface area contributed by atoms with E-state index in [4.69, 9.17) is 9.47 Å². The summed E-state index contributed by atoms with van der Waals surface area (Å²) in [7, 11) is 0. The summed E-state index contributed by atoms with van der Waals surface area (Å²) in [6.07, 6.45) is 1.21. The fourth-order valence-electron chi connectivity index (χ4n) is 6.33. The molecular weight excluding hydrogens is 472 g/mol. The van der Waals surface area contributed by atoms with Crippen molar-refractivity contribution in [2.75, 3.05) is 0 Å². The van der Waals surface area contributed by atoms with Crippen molar-refractivity contribution in [1.29, 1.82) is 0 Å². The van der Waals surface area contributed by atoms with E-state index in [-0.39, 0.29) is 30.7 Å². The van der Waals surface area contributed by atoms with E-state index in [0.717, 1.165) is 11.1 Å². The first-order valence-electron chi connectivity index (χ1n) is 13.3. The van der Waals surface area contributed by atoms with Crippen LogP contribution in [0.2, 0.25) is 0 Å². The number of esters is 2. The predicted octanol–water partition coefficient (Wildman–Crippen LogP) is 7.01. The maximum atomic E-state index is 12.7. The van der Waals surface area contributed by atoms with Crippen molar-refractivity contribution in [3.8, 4) is 11.5 Å². The molecule has 4 aromatic carbocycles. The molecule has 38 heavy (non-hydrogen) atoms. The summed E-state index contributed by atoms with van der Waals surface area (Å²) in [4.78, 5) is 25.2. The van der Waals surface area contributed by atoms with Crippen molar-refractivity contribution in [2.24, 2.45) is 0 Å². The lowest BCUT2D eigenvalue weighted by molar-refractivity contribution is -0.135. The van der Waals surface area contributed by atoms with Gasteiger partial charge in [0.05, 0.1) is 5.41 Å². The van der Waals surface area contributed by atoms with Crippen LogP contribution in [0.3, 0.4) is 0 Å². The number of rotatable bonds is 6. The Morgan fingerprint density at radius 1 is 0.711 bits per heavy atom. The van der Waals surface area contributed by atoms with Crippen LogP contribution in [0.5, 0.6) is 11.5 Å². The van der Waals surface area contributed by atoms with Crippen LogP contribution in [0.15, 0.2) is 84.9 Å². The maximum Gasteiger partial charge on any atom is 0.310 e. The van der Waals surface area contributed by atoms with E-state index in [1.165, 1.54) is 33.4 Å². The van der Waals surface area contributed by atoms with Crippen LogP contribution >= 0.6 is 0 Å². The SMILES string of the molecule is CCC(=O)Oc1ccc(OC(=O)CC)c2c1C1c3ccccc3C2(Cc2ccc(C)cc2)c2ccccc21. The standard InChI is InChI=1S/C34H30O4/c1-4-29(35)37-27-18-19-28(38-30(36)5-2)33-32(27)31-23-10-6-8-12-25(23)34(33,26-13-9-7-11-24(26)31)20-22-16-14-21(3)15-17-22/h6-19,31H,4-5,20H2,1-3H3. The molecule has 0 saturated carbocycles. The first-order valence-corrected chi connectivity index (χ1v) is 13.3. The molecule has 2 bridgehead atoms. The number of aryl methyl sites for hydroxylation is 1. The molecule has 3 aliphatic rings. The lowest BCUT2D eigenvalue weighted by Gasteiger charge is -2.51. The second-order valence-electron chi connectivity index (χ2n) is 10.2. The topological polar surface area (TPSA) is 52.6 Å². The molecule has 0 atom stereocenters. The quantitative estimate of drug-likeness (QED) is 0.210. The summed E-state index contributed by atoms with van der Waals surface area (Å²) >= 11 is 0. The van der Waals surface area contributed by atoms with Gasteiger partial charge in [-0.3, -0.25) is 9.59 Å². The Morgan fingerprint density at radius 3 is 1.82 bits per heavy atom. The van der Waals surface area contributed by atoms with Crippen molar-refractivity contribution < 1.29 is 19.1 Å². The van der Waals surface area contributed by atoms with Gasteiger partial charge < -0.3 is 9.47 Å². The molecule has 0 spiro atoms. The summed E-state index contributed by atoms with van der Waals surface area (Å²) < 4.78 is 12.0. The Kier molecular flexibility index (Phi) is 5.91. The minimum absolute atomic E-state index is 0.141. The smallest absolute Gasteiger partial charge is 0.310 e. The Morgan fingerprint density at radius 2 is 1.24 bits per heavy atom. The van der Waals surface area contributed by atoms with E-state index < -0.39 is 5.41 Å². The minimum Gasteiger partial charge on any atom is -0.426 e. The van der Waals surface area contributed by atoms with Gasteiger partial charge in [0.1, 0.15) is 11.5 Å². The lowest BCUT2D eigenvalue weighted by Crippen LogP contribution is -2.44. The van der Waals surface area contributed by atoms with Crippen molar-refractivity contribution in [1.82, 2.24) is 0 Å². The molecule has 0 saturated heterocycles. The summed E-state index contributed by atoms with van der Waals surface area (Å²) in [6, 6.07) is 29.3. The first kappa shape index (κ1) is 24.2. The monoisotopic (exact) mass is 502 g/mol. The molecule has 3 aliphatic carbocycles. The van der Waals surface area contributed by atoms with E-state index in [2.05, 4.69) is 79.7 Å². The first-order chi connectivity index (χ1) is 18.5. The van der Waals surface area contributed by atoms with Crippen molar-refractivity contribution in [2.45, 2.75) is 51.4 Å². The Balaban J connectivity index is 1.73. The number of hydrogen-bond acceptors (Lipinski definition) is 4. The highest BCUT2D eigenvalue weighted by molar-refractivity contribution is 5.81. The average Bonchev–Trinajstić information content (AvgIpc) is 2.95. The highest BCUT2D eigenvalue weighted by atomic mass is 16.5. The molecule has 0 fully saturated rings. The lowest BCUT2D eigenvalue weighted by atomic mass is 9.51. The van der Waals surface area contributed by atoms with Gasteiger partial charge in [0.2, 0.25) is 0 Å². The largest absolute Gasteiger partial charge is 0.426 e. The van der Waals surface area contributed by atoms with E-state index >= 15 is 0 Å². The number of carbonyl (C=O) groups is 2. The Bertz CT molecular complexity index is 1520. The molecule has 0 aromatic heterocycles. The van der Waals surface area contributed by atoms with Crippen molar-refractivity contribution >= 4 is 11.9 Å². The van der Waals surface area contributed by atoms with E-state index in [0.29, 0.717) is 17.9 Å².